The maximum atomic E-state index is 5.37. The number of para-hydroxylation sites is 1. The molecule has 3 heterocycles. The maximum Gasteiger partial charge on any atom is 0.216 e. The number of H-pyrrole nitrogens is 1. The van der Waals surface area contributed by atoms with Gasteiger partial charge in [-0.25, -0.2) is 0 Å². The Labute approximate surface area is 160 Å². The number of aromatic nitrogens is 4. The van der Waals surface area contributed by atoms with Crippen molar-refractivity contribution in [2.75, 3.05) is 0 Å². The molecule has 0 radical (unpaired) electrons. The highest BCUT2D eigenvalue weighted by Crippen LogP contribution is 2.24. The lowest BCUT2D eigenvalue weighted by Gasteiger charge is -2.03. The minimum atomic E-state index is 0.504. The van der Waals surface area contributed by atoms with Gasteiger partial charge in [-0.1, -0.05) is 24.3 Å². The van der Waals surface area contributed by atoms with E-state index in [-0.39, 0.29) is 0 Å². The molecule has 4 rings (SSSR count). The number of thiophene rings is 1. The van der Waals surface area contributed by atoms with Gasteiger partial charge in [-0.2, -0.15) is 14.9 Å². The fourth-order valence-corrected chi connectivity index (χ4v) is 4.17. The number of aromatic amines is 1. The Bertz CT molecular complexity index is 1130. The monoisotopic (exact) mass is 381 g/mol. The van der Waals surface area contributed by atoms with Crippen LogP contribution in [0.25, 0.3) is 10.9 Å². The van der Waals surface area contributed by atoms with Crippen molar-refractivity contribution in [1.29, 1.82) is 0 Å². The molecule has 26 heavy (non-hydrogen) atoms. The summed E-state index contributed by atoms with van der Waals surface area (Å²) in [6, 6.07) is 12.5. The van der Waals surface area contributed by atoms with Crippen LogP contribution in [-0.4, -0.2) is 25.7 Å². The second-order valence-electron chi connectivity index (χ2n) is 6.02. The van der Waals surface area contributed by atoms with Crippen LogP contribution in [-0.2, 0) is 13.0 Å². The van der Waals surface area contributed by atoms with Crippen molar-refractivity contribution in [1.82, 2.24) is 19.4 Å². The van der Waals surface area contributed by atoms with Gasteiger partial charge in [0.1, 0.15) is 0 Å². The number of hydrogen-bond acceptors (Lipinski definition) is 4. The Morgan fingerprint density at radius 3 is 2.88 bits per heavy atom. The van der Waals surface area contributed by atoms with Gasteiger partial charge in [-0.15, -0.1) is 11.3 Å². The predicted octanol–water partition coefficient (Wildman–Crippen LogP) is 4.76. The molecule has 3 aromatic heterocycles. The first kappa shape index (κ1) is 16.9. The van der Waals surface area contributed by atoms with E-state index in [1.807, 2.05) is 12.3 Å². The van der Waals surface area contributed by atoms with Crippen molar-refractivity contribution in [2.45, 2.75) is 26.8 Å². The number of rotatable bonds is 5. The Morgan fingerprint density at radius 2 is 2.12 bits per heavy atom. The summed E-state index contributed by atoms with van der Waals surface area (Å²) in [4.78, 5) is 1.23. The van der Waals surface area contributed by atoms with Gasteiger partial charge < -0.3 is 4.57 Å². The van der Waals surface area contributed by atoms with Crippen molar-refractivity contribution < 1.29 is 0 Å². The SMILES string of the molecule is CCn1c(C)c(/C=N\n2c(Cc3cccs3)n[nH]c2=S)c2ccccc21. The van der Waals surface area contributed by atoms with Crippen LogP contribution < -0.4 is 0 Å². The van der Waals surface area contributed by atoms with Crippen LogP contribution in [0.2, 0.25) is 0 Å². The largest absolute Gasteiger partial charge is 0.344 e. The number of aryl methyl sites for hydroxylation is 1. The van der Waals surface area contributed by atoms with Gasteiger partial charge in [0, 0.05) is 40.0 Å². The number of nitrogens with one attached hydrogen (secondary N) is 1. The van der Waals surface area contributed by atoms with Crippen molar-refractivity contribution in [2.24, 2.45) is 5.10 Å². The van der Waals surface area contributed by atoms with E-state index >= 15 is 0 Å². The van der Waals surface area contributed by atoms with E-state index in [2.05, 4.69) is 69.4 Å². The molecule has 0 saturated heterocycles. The first-order valence-electron chi connectivity index (χ1n) is 8.50. The minimum absolute atomic E-state index is 0.504. The van der Waals surface area contributed by atoms with Crippen molar-refractivity contribution in [3.05, 3.63) is 68.5 Å². The fraction of sp³-hybridized carbons (Fsp3) is 0.211. The minimum Gasteiger partial charge on any atom is -0.344 e. The molecule has 4 aromatic rings. The molecule has 0 saturated carbocycles. The van der Waals surface area contributed by atoms with Crippen molar-refractivity contribution in [3.8, 4) is 0 Å². The van der Waals surface area contributed by atoms with Crippen LogP contribution in [0.15, 0.2) is 46.9 Å². The third-order valence-corrected chi connectivity index (χ3v) is 5.67. The zero-order valence-electron chi connectivity index (χ0n) is 14.6. The molecule has 0 aliphatic carbocycles. The normalized spacial score (nSPS) is 11.8. The lowest BCUT2D eigenvalue weighted by Crippen LogP contribution is -2.00. The lowest BCUT2D eigenvalue weighted by molar-refractivity contribution is 0.767. The average molecular weight is 382 g/mol. The molecule has 0 amide bonds. The van der Waals surface area contributed by atoms with Gasteiger partial charge in [-0.05, 0) is 43.6 Å². The third-order valence-electron chi connectivity index (χ3n) is 4.53. The third kappa shape index (κ3) is 2.93. The fourth-order valence-electron chi connectivity index (χ4n) is 3.27. The zero-order valence-corrected chi connectivity index (χ0v) is 16.3. The second-order valence-corrected chi connectivity index (χ2v) is 7.44. The quantitative estimate of drug-likeness (QED) is 0.400. The highest BCUT2D eigenvalue weighted by molar-refractivity contribution is 7.71. The highest BCUT2D eigenvalue weighted by Gasteiger charge is 2.12. The van der Waals surface area contributed by atoms with E-state index in [1.54, 1.807) is 16.0 Å². The first-order valence-corrected chi connectivity index (χ1v) is 9.78. The molecule has 7 heteroatoms. The van der Waals surface area contributed by atoms with Gasteiger partial charge >= 0.3 is 0 Å². The topological polar surface area (TPSA) is 50.9 Å². The maximum absolute atomic E-state index is 5.37. The molecule has 0 unspecified atom stereocenters. The summed E-state index contributed by atoms with van der Waals surface area (Å²) < 4.78 is 4.52. The van der Waals surface area contributed by atoms with Crippen LogP contribution in [0, 0.1) is 11.7 Å². The molecule has 0 spiro atoms. The van der Waals surface area contributed by atoms with Crippen molar-refractivity contribution in [3.63, 3.8) is 0 Å². The van der Waals surface area contributed by atoms with Crippen LogP contribution in [0.5, 0.6) is 0 Å². The van der Waals surface area contributed by atoms with E-state index in [9.17, 15) is 0 Å². The molecular weight excluding hydrogens is 362 g/mol. The smallest absolute Gasteiger partial charge is 0.216 e. The lowest BCUT2D eigenvalue weighted by atomic mass is 10.1. The van der Waals surface area contributed by atoms with Crippen LogP contribution >= 0.6 is 23.6 Å². The molecule has 0 aliphatic heterocycles. The molecule has 0 aliphatic rings. The molecule has 0 bridgehead atoms. The van der Waals surface area contributed by atoms with Crippen LogP contribution in [0.1, 0.15) is 28.9 Å². The predicted molar refractivity (Wildman–Crippen MR) is 110 cm³/mol. The molecule has 5 nitrogen and oxygen atoms in total. The summed E-state index contributed by atoms with van der Waals surface area (Å²) >= 11 is 7.07. The zero-order chi connectivity index (χ0) is 18.1. The van der Waals surface area contributed by atoms with Crippen molar-refractivity contribution >= 4 is 40.7 Å². The Hall–Kier alpha value is -2.51. The number of fused-ring (bicyclic) bond motifs is 1. The van der Waals surface area contributed by atoms with Crippen LogP contribution in [0.4, 0.5) is 0 Å². The van der Waals surface area contributed by atoms with Gasteiger partial charge in [0.2, 0.25) is 4.77 Å². The Kier molecular flexibility index (Phi) is 4.57. The molecule has 1 aromatic carbocycles. The second kappa shape index (κ2) is 7.01. The molecule has 1 N–H and O–H groups in total. The highest BCUT2D eigenvalue weighted by atomic mass is 32.1. The summed E-state index contributed by atoms with van der Waals surface area (Å²) in [6.07, 6.45) is 2.60. The average Bonchev–Trinajstić information content (AvgIpc) is 3.34. The van der Waals surface area contributed by atoms with E-state index < -0.39 is 0 Å². The first-order chi connectivity index (χ1) is 12.7. The summed E-state index contributed by atoms with van der Waals surface area (Å²) in [5, 5.41) is 15.1. The number of hydrogen-bond donors (Lipinski definition) is 1. The van der Waals surface area contributed by atoms with Gasteiger partial charge in [-0.3, -0.25) is 5.10 Å². The Balaban J connectivity index is 1.76. The van der Waals surface area contributed by atoms with E-state index in [0.717, 1.165) is 17.9 Å². The molecule has 132 valence electrons. The molecule has 0 atom stereocenters. The standard InChI is InChI=1S/C19H19N5S2/c1-3-23-13(2)16(15-8-4-5-9-17(15)23)12-20-24-18(21-22-19(24)25)11-14-7-6-10-26-14/h4-10,12H,3,11H2,1-2H3,(H,22,25)/b20-12-. The summed E-state index contributed by atoms with van der Waals surface area (Å²) in [5.74, 6) is 0.811. The van der Waals surface area contributed by atoms with Crippen LogP contribution in [0.3, 0.4) is 0 Å². The van der Waals surface area contributed by atoms with Gasteiger partial charge in [0.05, 0.1) is 6.21 Å². The Morgan fingerprint density at radius 1 is 1.27 bits per heavy atom. The van der Waals surface area contributed by atoms with Gasteiger partial charge in [0.25, 0.3) is 0 Å². The summed E-state index contributed by atoms with van der Waals surface area (Å²) in [6.45, 7) is 5.21. The number of nitrogens with zero attached hydrogens (tertiary/aromatic N) is 4. The van der Waals surface area contributed by atoms with E-state index in [0.29, 0.717) is 11.2 Å². The molecule has 0 fully saturated rings. The van der Waals surface area contributed by atoms with E-state index in [1.165, 1.54) is 21.5 Å². The van der Waals surface area contributed by atoms with Gasteiger partial charge in [0.15, 0.2) is 5.82 Å². The number of benzene rings is 1. The van der Waals surface area contributed by atoms with E-state index in [4.69, 9.17) is 12.2 Å². The summed E-state index contributed by atoms with van der Waals surface area (Å²) in [7, 11) is 0. The summed E-state index contributed by atoms with van der Waals surface area (Å²) in [5.41, 5.74) is 3.54. The molecular formula is C19H19N5S2.